The molecule has 1 aliphatic rings. The van der Waals surface area contributed by atoms with E-state index in [1.165, 1.54) is 0 Å². The molecule has 6 heteroatoms. The van der Waals surface area contributed by atoms with E-state index in [0.29, 0.717) is 22.7 Å². The van der Waals surface area contributed by atoms with Crippen LogP contribution in [0.5, 0.6) is 0 Å². The predicted octanol–water partition coefficient (Wildman–Crippen LogP) is 4.52. The Kier molecular flexibility index (Phi) is 4.94. The third-order valence-corrected chi connectivity index (χ3v) is 3.51. The molecule has 114 valence electrons. The molecule has 1 amide bonds. The minimum Gasteiger partial charge on any atom is -0.444 e. The van der Waals surface area contributed by atoms with Gasteiger partial charge in [-0.2, -0.15) is 0 Å². The molecule has 0 aliphatic carbocycles. The molecular weight excluding hydrogens is 356 g/mol. The van der Waals surface area contributed by atoms with Gasteiger partial charge in [-0.05, 0) is 60.8 Å². The van der Waals surface area contributed by atoms with Gasteiger partial charge in [-0.1, -0.05) is 17.7 Å². The molecular formula is C15H18BrClN2O2. The first kappa shape index (κ1) is 16.3. The van der Waals surface area contributed by atoms with Gasteiger partial charge in [-0.15, -0.1) is 0 Å². The van der Waals surface area contributed by atoms with Crippen molar-refractivity contribution in [3.63, 3.8) is 0 Å². The zero-order chi connectivity index (χ0) is 15.6. The van der Waals surface area contributed by atoms with Crippen LogP contribution in [-0.4, -0.2) is 34.7 Å². The average Bonchev–Trinajstić information content (AvgIpc) is 2.36. The van der Waals surface area contributed by atoms with E-state index in [1.54, 1.807) is 17.0 Å². The van der Waals surface area contributed by atoms with Crippen LogP contribution in [0.15, 0.2) is 22.8 Å². The number of carbonyl (C=O) groups is 1. The van der Waals surface area contributed by atoms with Crippen LogP contribution in [0.3, 0.4) is 0 Å². The lowest BCUT2D eigenvalue weighted by atomic mass is 10.1. The Labute approximate surface area is 138 Å². The number of nitrogens with zero attached hydrogens (tertiary/aromatic N) is 2. The molecule has 0 unspecified atom stereocenters. The van der Waals surface area contributed by atoms with Gasteiger partial charge in [0.1, 0.15) is 10.2 Å². The molecule has 0 aromatic carbocycles. The SMILES string of the molecule is CC(C)(C)OC(=O)N1CCC=C(c2cc(Cl)cc(Br)n2)C1. The van der Waals surface area contributed by atoms with Crippen molar-refractivity contribution in [1.82, 2.24) is 9.88 Å². The normalized spacial score (nSPS) is 15.7. The largest absolute Gasteiger partial charge is 0.444 e. The third-order valence-electron chi connectivity index (χ3n) is 2.89. The van der Waals surface area contributed by atoms with Gasteiger partial charge in [0.15, 0.2) is 0 Å². The second-order valence-corrected chi connectivity index (χ2v) is 7.16. The molecule has 4 nitrogen and oxygen atoms in total. The van der Waals surface area contributed by atoms with Crippen molar-refractivity contribution in [3.05, 3.63) is 33.5 Å². The molecule has 0 fully saturated rings. The van der Waals surface area contributed by atoms with Crippen molar-refractivity contribution in [2.45, 2.75) is 32.8 Å². The molecule has 1 aromatic heterocycles. The summed E-state index contributed by atoms with van der Waals surface area (Å²) in [6, 6.07) is 3.54. The van der Waals surface area contributed by atoms with E-state index in [-0.39, 0.29) is 6.09 Å². The first-order valence-electron chi connectivity index (χ1n) is 6.75. The molecule has 0 N–H and O–H groups in total. The summed E-state index contributed by atoms with van der Waals surface area (Å²) >= 11 is 9.39. The highest BCUT2D eigenvalue weighted by Gasteiger charge is 2.25. The Morgan fingerprint density at radius 2 is 2.14 bits per heavy atom. The molecule has 21 heavy (non-hydrogen) atoms. The smallest absolute Gasteiger partial charge is 0.410 e. The Balaban J connectivity index is 2.13. The van der Waals surface area contributed by atoms with Gasteiger partial charge in [0.25, 0.3) is 0 Å². The molecule has 0 saturated heterocycles. The predicted molar refractivity (Wildman–Crippen MR) is 87.3 cm³/mol. The number of rotatable bonds is 1. The Morgan fingerprint density at radius 3 is 2.76 bits per heavy atom. The third kappa shape index (κ3) is 4.71. The summed E-state index contributed by atoms with van der Waals surface area (Å²) in [5.41, 5.74) is 1.27. The Hall–Kier alpha value is -1.07. The van der Waals surface area contributed by atoms with E-state index in [1.807, 2.05) is 20.8 Å². The van der Waals surface area contributed by atoms with Gasteiger partial charge < -0.3 is 9.64 Å². The van der Waals surface area contributed by atoms with Gasteiger partial charge in [0.2, 0.25) is 0 Å². The summed E-state index contributed by atoms with van der Waals surface area (Å²) in [5.74, 6) is 0. The van der Waals surface area contributed by atoms with Crippen molar-refractivity contribution >= 4 is 39.2 Å². The van der Waals surface area contributed by atoms with Gasteiger partial charge in [-0.3, -0.25) is 0 Å². The van der Waals surface area contributed by atoms with Crippen molar-refractivity contribution in [2.75, 3.05) is 13.1 Å². The number of pyridine rings is 1. The number of aromatic nitrogens is 1. The lowest BCUT2D eigenvalue weighted by molar-refractivity contribution is 0.0273. The maximum Gasteiger partial charge on any atom is 0.410 e. The number of amides is 1. The number of hydrogen-bond acceptors (Lipinski definition) is 3. The highest BCUT2D eigenvalue weighted by molar-refractivity contribution is 9.10. The molecule has 1 aromatic rings. The quantitative estimate of drug-likeness (QED) is 0.680. The number of hydrogen-bond donors (Lipinski definition) is 0. The van der Waals surface area contributed by atoms with E-state index < -0.39 is 5.60 Å². The molecule has 0 bridgehead atoms. The standard InChI is InChI=1S/C15H18BrClN2O2/c1-15(2,3)21-14(20)19-6-4-5-10(9-19)12-7-11(17)8-13(16)18-12/h5,7-8H,4,6,9H2,1-3H3. The summed E-state index contributed by atoms with van der Waals surface area (Å²) in [6.45, 7) is 6.72. The zero-order valence-electron chi connectivity index (χ0n) is 12.3. The highest BCUT2D eigenvalue weighted by atomic mass is 79.9. The fraction of sp³-hybridized carbons (Fsp3) is 0.467. The summed E-state index contributed by atoms with van der Waals surface area (Å²) < 4.78 is 6.09. The van der Waals surface area contributed by atoms with Gasteiger partial charge >= 0.3 is 6.09 Å². The van der Waals surface area contributed by atoms with Crippen molar-refractivity contribution < 1.29 is 9.53 Å². The second-order valence-electron chi connectivity index (χ2n) is 5.91. The summed E-state index contributed by atoms with van der Waals surface area (Å²) in [6.07, 6.45) is 2.57. The molecule has 0 radical (unpaired) electrons. The van der Waals surface area contributed by atoms with Crippen LogP contribution in [0, 0.1) is 0 Å². The maximum absolute atomic E-state index is 12.1. The fourth-order valence-electron chi connectivity index (χ4n) is 2.04. The van der Waals surface area contributed by atoms with Crippen molar-refractivity contribution in [3.8, 4) is 0 Å². The molecule has 2 rings (SSSR count). The van der Waals surface area contributed by atoms with E-state index in [2.05, 4.69) is 27.0 Å². The van der Waals surface area contributed by atoms with E-state index in [0.717, 1.165) is 17.7 Å². The topological polar surface area (TPSA) is 42.4 Å². The van der Waals surface area contributed by atoms with Crippen LogP contribution in [0.1, 0.15) is 32.9 Å². The monoisotopic (exact) mass is 372 g/mol. The van der Waals surface area contributed by atoms with Gasteiger partial charge in [0, 0.05) is 11.6 Å². The van der Waals surface area contributed by atoms with Crippen molar-refractivity contribution in [1.29, 1.82) is 0 Å². The van der Waals surface area contributed by atoms with Gasteiger partial charge in [0.05, 0.1) is 12.2 Å². The highest BCUT2D eigenvalue weighted by Crippen LogP contribution is 2.25. The molecule has 2 heterocycles. The Bertz CT molecular complexity index is 561. The van der Waals surface area contributed by atoms with E-state index in [9.17, 15) is 4.79 Å². The number of halogens is 2. The molecule has 0 saturated carbocycles. The fourth-order valence-corrected chi connectivity index (χ4v) is 2.82. The van der Waals surface area contributed by atoms with Gasteiger partial charge in [-0.25, -0.2) is 9.78 Å². The lowest BCUT2D eigenvalue weighted by Crippen LogP contribution is -2.39. The lowest BCUT2D eigenvalue weighted by Gasteiger charge is -2.30. The van der Waals surface area contributed by atoms with Crippen LogP contribution >= 0.6 is 27.5 Å². The molecule has 0 spiro atoms. The molecule has 1 aliphatic heterocycles. The number of ether oxygens (including phenoxy) is 1. The van der Waals surface area contributed by atoms with Crippen LogP contribution in [0.4, 0.5) is 4.79 Å². The maximum atomic E-state index is 12.1. The average molecular weight is 374 g/mol. The van der Waals surface area contributed by atoms with Crippen LogP contribution in [0.2, 0.25) is 5.02 Å². The van der Waals surface area contributed by atoms with E-state index >= 15 is 0 Å². The van der Waals surface area contributed by atoms with Crippen LogP contribution in [0.25, 0.3) is 5.57 Å². The number of carbonyl (C=O) groups excluding carboxylic acids is 1. The van der Waals surface area contributed by atoms with Crippen molar-refractivity contribution in [2.24, 2.45) is 0 Å². The van der Waals surface area contributed by atoms with Crippen LogP contribution in [-0.2, 0) is 4.74 Å². The Morgan fingerprint density at radius 1 is 1.43 bits per heavy atom. The minimum atomic E-state index is -0.490. The zero-order valence-corrected chi connectivity index (χ0v) is 14.7. The van der Waals surface area contributed by atoms with Crippen LogP contribution < -0.4 is 0 Å². The summed E-state index contributed by atoms with van der Waals surface area (Å²) in [4.78, 5) is 18.2. The first-order valence-corrected chi connectivity index (χ1v) is 7.92. The summed E-state index contributed by atoms with van der Waals surface area (Å²) in [5, 5.41) is 0.613. The molecule has 0 atom stereocenters. The second kappa shape index (κ2) is 6.36. The first-order chi connectivity index (χ1) is 9.74. The summed E-state index contributed by atoms with van der Waals surface area (Å²) in [7, 11) is 0. The minimum absolute atomic E-state index is 0.297. The van der Waals surface area contributed by atoms with E-state index in [4.69, 9.17) is 16.3 Å².